The first kappa shape index (κ1) is 31.8. The molecule has 0 aliphatic carbocycles. The zero-order valence-corrected chi connectivity index (χ0v) is 25.5. The number of para-hydroxylation sites is 1. The average Bonchev–Trinajstić information content (AvgIpc) is 3.74. The summed E-state index contributed by atoms with van der Waals surface area (Å²) in [5.41, 5.74) is 1.25. The summed E-state index contributed by atoms with van der Waals surface area (Å²) < 4.78 is 14.9. The summed E-state index contributed by atoms with van der Waals surface area (Å²) in [7, 11) is 0. The van der Waals surface area contributed by atoms with Crippen molar-refractivity contribution >= 4 is 56.0 Å². The molecule has 1 aliphatic rings. The molecule has 5 rings (SSSR count). The number of nitrogens with zero attached hydrogens (tertiary/aromatic N) is 1. The van der Waals surface area contributed by atoms with Gasteiger partial charge in [-0.3, -0.25) is 19.2 Å². The third-order valence-electron chi connectivity index (χ3n) is 7.41. The molecule has 3 atom stereocenters. The van der Waals surface area contributed by atoms with Crippen molar-refractivity contribution in [2.75, 3.05) is 6.54 Å². The van der Waals surface area contributed by atoms with Crippen molar-refractivity contribution in [2.24, 2.45) is 5.92 Å². The fraction of sp³-hybridized carbons (Fsp3) is 0.406. The van der Waals surface area contributed by atoms with E-state index in [0.717, 1.165) is 4.70 Å². The number of halogens is 1. The lowest BCUT2D eigenvalue weighted by atomic mass is 9.95. The highest BCUT2D eigenvalue weighted by molar-refractivity contribution is 7.20. The second-order valence-corrected chi connectivity index (χ2v) is 11.6. The van der Waals surface area contributed by atoms with Crippen LogP contribution in [0, 0.1) is 11.7 Å². The maximum absolute atomic E-state index is 14.1. The summed E-state index contributed by atoms with van der Waals surface area (Å²) in [6.07, 6.45) is 5.01. The van der Waals surface area contributed by atoms with Gasteiger partial charge in [-0.25, -0.2) is 9.37 Å². The summed E-state index contributed by atoms with van der Waals surface area (Å²) in [6, 6.07) is 11.3. The largest absolute Gasteiger partial charge is 0.356 e. The number of H-pyrrole nitrogens is 1. The standard InChI is InChI=1S/C27H26FN5O4S.C5H12/c1-2-17(31-26(37)21-13-15-16(28)6-5-8-18(15)30-21)25(36)32-20(12-14-10-11-29-24(14)35)23(34)27-33-19-7-3-4-9-22(19)38-27;1-3-5-4-2/h3-9,13-14,17,20,30H,2,10-12H2,1H3,(H,29,35)(H,31,37)(H,32,36);3-5H2,1-2H3/t14?,17-,20-;/m0./s1. The van der Waals surface area contributed by atoms with Crippen LogP contribution in [-0.4, -0.2) is 52.1 Å². The van der Waals surface area contributed by atoms with E-state index in [1.165, 1.54) is 48.8 Å². The molecule has 43 heavy (non-hydrogen) atoms. The van der Waals surface area contributed by atoms with Gasteiger partial charge in [-0.05, 0) is 49.6 Å². The number of aromatic amines is 1. The lowest BCUT2D eigenvalue weighted by molar-refractivity contribution is -0.125. The number of hydrogen-bond donors (Lipinski definition) is 4. The molecule has 11 heteroatoms. The fourth-order valence-corrected chi connectivity index (χ4v) is 5.93. The normalized spacial score (nSPS) is 15.8. The van der Waals surface area contributed by atoms with Gasteiger partial charge < -0.3 is 20.9 Å². The number of unbranched alkanes of at least 4 members (excludes halogenated alkanes) is 2. The van der Waals surface area contributed by atoms with Crippen LogP contribution < -0.4 is 16.0 Å². The van der Waals surface area contributed by atoms with Crippen molar-refractivity contribution in [3.8, 4) is 0 Å². The highest BCUT2D eigenvalue weighted by atomic mass is 32.1. The van der Waals surface area contributed by atoms with Gasteiger partial charge in [0.2, 0.25) is 17.6 Å². The molecule has 1 saturated heterocycles. The third-order valence-corrected chi connectivity index (χ3v) is 8.46. The Hall–Kier alpha value is -4.12. The van der Waals surface area contributed by atoms with E-state index < -0.39 is 35.6 Å². The van der Waals surface area contributed by atoms with Crippen LogP contribution in [0.2, 0.25) is 0 Å². The number of carbonyl (C=O) groups excluding carboxylic acids is 4. The quantitative estimate of drug-likeness (QED) is 0.167. The molecule has 2 aromatic heterocycles. The number of carbonyl (C=O) groups is 4. The van der Waals surface area contributed by atoms with Gasteiger partial charge in [0.1, 0.15) is 17.6 Å². The number of benzene rings is 2. The van der Waals surface area contributed by atoms with E-state index in [9.17, 15) is 23.6 Å². The maximum atomic E-state index is 14.1. The molecule has 1 aliphatic heterocycles. The van der Waals surface area contributed by atoms with E-state index >= 15 is 0 Å². The maximum Gasteiger partial charge on any atom is 0.268 e. The zero-order valence-electron chi connectivity index (χ0n) is 24.7. The molecule has 2 aromatic carbocycles. The van der Waals surface area contributed by atoms with Crippen molar-refractivity contribution in [1.29, 1.82) is 0 Å². The van der Waals surface area contributed by atoms with E-state index in [1.807, 2.05) is 18.2 Å². The van der Waals surface area contributed by atoms with E-state index in [4.69, 9.17) is 0 Å². The number of Topliss-reactive ketones (excluding diaryl/α,β-unsaturated/α-hetero) is 1. The first-order valence-corrected chi connectivity index (χ1v) is 15.6. The number of amides is 3. The van der Waals surface area contributed by atoms with Gasteiger partial charge in [0.05, 0.1) is 16.3 Å². The molecule has 0 bridgehead atoms. The number of aromatic nitrogens is 2. The molecular weight excluding hydrogens is 569 g/mol. The van der Waals surface area contributed by atoms with Crippen LogP contribution >= 0.6 is 11.3 Å². The van der Waals surface area contributed by atoms with Crippen LogP contribution in [0.3, 0.4) is 0 Å². The van der Waals surface area contributed by atoms with Crippen LogP contribution in [0.1, 0.15) is 79.6 Å². The van der Waals surface area contributed by atoms with Crippen LogP contribution in [0.25, 0.3) is 21.1 Å². The minimum absolute atomic E-state index is 0.112. The Morgan fingerprint density at radius 2 is 1.81 bits per heavy atom. The number of thiazole rings is 1. The van der Waals surface area contributed by atoms with E-state index in [0.29, 0.717) is 24.0 Å². The molecule has 4 N–H and O–H groups in total. The Kier molecular flexibility index (Phi) is 11.0. The predicted octanol–water partition coefficient (Wildman–Crippen LogP) is 5.52. The summed E-state index contributed by atoms with van der Waals surface area (Å²) in [4.78, 5) is 59.2. The first-order valence-electron chi connectivity index (χ1n) is 14.8. The van der Waals surface area contributed by atoms with Gasteiger partial charge in [0.15, 0.2) is 5.01 Å². The van der Waals surface area contributed by atoms with E-state index in [2.05, 4.69) is 39.8 Å². The van der Waals surface area contributed by atoms with Gasteiger partial charge in [-0.2, -0.15) is 0 Å². The summed E-state index contributed by atoms with van der Waals surface area (Å²) in [5, 5.41) is 8.70. The Balaban J connectivity index is 0.000000782. The number of rotatable bonds is 11. The molecule has 1 fully saturated rings. The topological polar surface area (TPSA) is 133 Å². The zero-order chi connectivity index (χ0) is 30.9. The molecule has 4 aromatic rings. The summed E-state index contributed by atoms with van der Waals surface area (Å²) >= 11 is 1.23. The molecule has 3 amide bonds. The van der Waals surface area contributed by atoms with Crippen LogP contribution in [0.4, 0.5) is 4.39 Å². The van der Waals surface area contributed by atoms with Gasteiger partial charge in [0, 0.05) is 23.4 Å². The monoisotopic (exact) mass is 607 g/mol. The van der Waals surface area contributed by atoms with Gasteiger partial charge in [-0.15, -0.1) is 11.3 Å². The predicted molar refractivity (Wildman–Crippen MR) is 167 cm³/mol. The third kappa shape index (κ3) is 7.84. The van der Waals surface area contributed by atoms with E-state index in [-0.39, 0.29) is 40.6 Å². The van der Waals surface area contributed by atoms with E-state index in [1.54, 1.807) is 19.1 Å². The fourth-order valence-electron chi connectivity index (χ4n) is 4.97. The second kappa shape index (κ2) is 14.9. The smallest absolute Gasteiger partial charge is 0.268 e. The molecule has 0 spiro atoms. The SMILES string of the molecule is CCCCC.CC[C@H](NC(=O)c1cc2c(F)cccc2[nH]1)C(=O)N[C@@H](CC1CCNC1=O)C(=O)c1nc2ccccc2s1. The van der Waals surface area contributed by atoms with Gasteiger partial charge in [0.25, 0.3) is 5.91 Å². The lowest BCUT2D eigenvalue weighted by Gasteiger charge is -2.23. The van der Waals surface area contributed by atoms with Crippen molar-refractivity contribution in [2.45, 2.75) is 71.4 Å². The second-order valence-electron chi connectivity index (χ2n) is 10.6. The highest BCUT2D eigenvalue weighted by Gasteiger charge is 2.34. The summed E-state index contributed by atoms with van der Waals surface area (Å²) in [6.45, 7) is 6.66. The Morgan fingerprint density at radius 1 is 1.05 bits per heavy atom. The minimum atomic E-state index is -0.995. The van der Waals surface area contributed by atoms with Crippen LogP contribution in [0.5, 0.6) is 0 Å². The molecule has 228 valence electrons. The Morgan fingerprint density at radius 3 is 2.44 bits per heavy atom. The van der Waals surface area contributed by atoms with Crippen molar-refractivity contribution in [1.82, 2.24) is 25.9 Å². The number of fused-ring (bicyclic) bond motifs is 2. The number of hydrogen-bond acceptors (Lipinski definition) is 6. The molecule has 3 heterocycles. The Labute approximate surface area is 254 Å². The van der Waals surface area contributed by atoms with Crippen molar-refractivity contribution in [3.63, 3.8) is 0 Å². The summed E-state index contributed by atoms with van der Waals surface area (Å²) in [5.74, 6) is -2.56. The Bertz CT molecular complexity index is 1560. The molecular formula is C32H38FN5O4S. The average molecular weight is 608 g/mol. The number of ketones is 1. The van der Waals surface area contributed by atoms with Crippen LogP contribution in [0.15, 0.2) is 48.5 Å². The van der Waals surface area contributed by atoms with Crippen molar-refractivity contribution < 1.29 is 23.6 Å². The van der Waals surface area contributed by atoms with Gasteiger partial charge >= 0.3 is 0 Å². The molecule has 0 radical (unpaired) electrons. The van der Waals surface area contributed by atoms with Crippen LogP contribution in [-0.2, 0) is 9.59 Å². The molecule has 1 unspecified atom stereocenters. The minimum Gasteiger partial charge on any atom is -0.356 e. The first-order chi connectivity index (χ1) is 20.7. The van der Waals surface area contributed by atoms with Gasteiger partial charge in [-0.1, -0.05) is 58.2 Å². The molecule has 9 nitrogen and oxygen atoms in total. The molecule has 0 saturated carbocycles. The number of nitrogens with one attached hydrogen (secondary N) is 4. The highest BCUT2D eigenvalue weighted by Crippen LogP contribution is 2.25. The lowest BCUT2D eigenvalue weighted by Crippen LogP contribution is -2.52. The van der Waals surface area contributed by atoms with Crippen molar-refractivity contribution in [3.05, 3.63) is 65.0 Å².